The fourth-order valence-electron chi connectivity index (χ4n) is 1.88. The van der Waals surface area contributed by atoms with Gasteiger partial charge in [-0.3, -0.25) is 4.79 Å². The number of amides is 1. The van der Waals surface area contributed by atoms with Gasteiger partial charge in [0.05, 0.1) is 0 Å². The van der Waals surface area contributed by atoms with Gasteiger partial charge in [0.2, 0.25) is 0 Å². The van der Waals surface area contributed by atoms with Gasteiger partial charge < -0.3 is 5.32 Å². The van der Waals surface area contributed by atoms with Crippen molar-refractivity contribution >= 4 is 17.2 Å². The van der Waals surface area contributed by atoms with Crippen LogP contribution in [0.1, 0.15) is 41.9 Å². The summed E-state index contributed by atoms with van der Waals surface area (Å²) in [6.07, 6.45) is 9.98. The Morgan fingerprint density at radius 1 is 1.50 bits per heavy atom. The summed E-state index contributed by atoms with van der Waals surface area (Å²) < 4.78 is 0. The van der Waals surface area contributed by atoms with Crippen molar-refractivity contribution in [3.63, 3.8) is 0 Å². The van der Waals surface area contributed by atoms with Crippen LogP contribution in [0.15, 0.2) is 23.2 Å². The highest BCUT2D eigenvalue weighted by Crippen LogP contribution is 2.19. The Morgan fingerprint density at radius 2 is 2.44 bits per heavy atom. The monoisotopic (exact) mass is 236 g/mol. The van der Waals surface area contributed by atoms with Gasteiger partial charge in [0.1, 0.15) is 0 Å². The van der Waals surface area contributed by atoms with Gasteiger partial charge in [0.15, 0.2) is 5.01 Å². The molecule has 0 atom stereocenters. The first-order valence-corrected chi connectivity index (χ1v) is 6.60. The molecule has 1 aromatic rings. The van der Waals surface area contributed by atoms with E-state index in [2.05, 4.69) is 16.4 Å². The van der Waals surface area contributed by atoms with Crippen molar-refractivity contribution in [1.82, 2.24) is 10.3 Å². The number of thiazole rings is 1. The number of aromatic nitrogens is 1. The summed E-state index contributed by atoms with van der Waals surface area (Å²) >= 11 is 1.38. The lowest BCUT2D eigenvalue weighted by molar-refractivity contribution is 0.0953. The van der Waals surface area contributed by atoms with Crippen LogP contribution in [-0.2, 0) is 0 Å². The van der Waals surface area contributed by atoms with Gasteiger partial charge in [0.25, 0.3) is 5.91 Å². The highest BCUT2D eigenvalue weighted by atomic mass is 32.1. The molecule has 1 amide bonds. The van der Waals surface area contributed by atoms with E-state index in [-0.39, 0.29) is 5.91 Å². The summed E-state index contributed by atoms with van der Waals surface area (Å²) in [5, 5.41) is 5.27. The minimum absolute atomic E-state index is 0.0496. The lowest BCUT2D eigenvalue weighted by Crippen LogP contribution is -2.24. The highest BCUT2D eigenvalue weighted by molar-refractivity contribution is 7.11. The van der Waals surface area contributed by atoms with Gasteiger partial charge in [-0.25, -0.2) is 4.98 Å². The molecule has 0 bridgehead atoms. The van der Waals surface area contributed by atoms with Crippen molar-refractivity contribution in [1.29, 1.82) is 0 Å². The first-order chi connectivity index (χ1) is 7.86. The second kappa shape index (κ2) is 5.80. The van der Waals surface area contributed by atoms with E-state index in [1.807, 2.05) is 5.38 Å². The highest BCUT2D eigenvalue weighted by Gasteiger charge is 2.08. The molecule has 2 rings (SSSR count). The molecule has 3 nitrogen and oxygen atoms in total. The molecule has 0 radical (unpaired) electrons. The zero-order valence-corrected chi connectivity index (χ0v) is 10.1. The van der Waals surface area contributed by atoms with E-state index in [4.69, 9.17) is 0 Å². The summed E-state index contributed by atoms with van der Waals surface area (Å²) in [6.45, 7) is 0.726. The molecule has 0 aliphatic heterocycles. The number of nitrogens with zero attached hydrogens (tertiary/aromatic N) is 1. The van der Waals surface area contributed by atoms with Crippen LogP contribution in [0.25, 0.3) is 0 Å². The number of nitrogens with one attached hydrogen (secondary N) is 1. The molecule has 1 heterocycles. The van der Waals surface area contributed by atoms with Crippen LogP contribution in [0.5, 0.6) is 0 Å². The summed E-state index contributed by atoms with van der Waals surface area (Å²) in [6, 6.07) is 0. The smallest absolute Gasteiger partial charge is 0.280 e. The van der Waals surface area contributed by atoms with E-state index in [1.165, 1.54) is 42.6 Å². The van der Waals surface area contributed by atoms with Gasteiger partial charge in [-0.05, 0) is 32.1 Å². The molecule has 0 saturated carbocycles. The number of allylic oxidation sites excluding steroid dienone is 1. The molecule has 0 spiro atoms. The number of rotatable bonds is 4. The molecule has 16 heavy (non-hydrogen) atoms. The third-order valence-corrected chi connectivity index (χ3v) is 3.52. The minimum atomic E-state index is -0.0496. The van der Waals surface area contributed by atoms with Crippen molar-refractivity contribution < 1.29 is 4.79 Å². The summed E-state index contributed by atoms with van der Waals surface area (Å²) in [7, 11) is 0. The Kier molecular flexibility index (Phi) is 4.10. The van der Waals surface area contributed by atoms with Crippen LogP contribution in [0.2, 0.25) is 0 Å². The first-order valence-electron chi connectivity index (χ1n) is 5.72. The maximum Gasteiger partial charge on any atom is 0.280 e. The normalized spacial score (nSPS) is 15.6. The second-order valence-electron chi connectivity index (χ2n) is 3.95. The van der Waals surface area contributed by atoms with E-state index < -0.39 is 0 Å². The van der Waals surface area contributed by atoms with Crippen LogP contribution in [0, 0.1) is 0 Å². The fraction of sp³-hybridized carbons (Fsp3) is 0.500. The van der Waals surface area contributed by atoms with E-state index in [0.29, 0.717) is 5.01 Å². The molecule has 4 heteroatoms. The van der Waals surface area contributed by atoms with Crippen LogP contribution >= 0.6 is 11.3 Å². The number of hydrogen-bond acceptors (Lipinski definition) is 3. The Morgan fingerprint density at radius 3 is 3.12 bits per heavy atom. The van der Waals surface area contributed by atoms with Crippen molar-refractivity contribution in [2.45, 2.75) is 32.1 Å². The van der Waals surface area contributed by atoms with Crippen LogP contribution in [0.4, 0.5) is 0 Å². The molecule has 1 aliphatic rings. The SMILES string of the molecule is O=C(NCCC1=CCCCC1)c1nccs1. The van der Waals surface area contributed by atoms with Crippen molar-refractivity contribution in [3.05, 3.63) is 28.2 Å². The first kappa shape index (κ1) is 11.3. The van der Waals surface area contributed by atoms with Crippen LogP contribution in [-0.4, -0.2) is 17.4 Å². The number of carbonyl (C=O) groups excluding carboxylic acids is 1. The maximum atomic E-state index is 11.6. The van der Waals surface area contributed by atoms with Gasteiger partial charge in [-0.15, -0.1) is 11.3 Å². The van der Waals surface area contributed by atoms with E-state index in [9.17, 15) is 4.79 Å². The van der Waals surface area contributed by atoms with E-state index in [1.54, 1.807) is 6.20 Å². The number of carbonyl (C=O) groups is 1. The summed E-state index contributed by atoms with van der Waals surface area (Å²) in [4.78, 5) is 15.5. The molecule has 0 aromatic carbocycles. The third-order valence-electron chi connectivity index (χ3n) is 2.74. The summed E-state index contributed by atoms with van der Waals surface area (Å²) in [5.41, 5.74) is 1.49. The lowest BCUT2D eigenvalue weighted by atomic mass is 9.97. The standard InChI is InChI=1S/C12H16N2OS/c15-11(12-14-8-9-16-12)13-7-6-10-4-2-1-3-5-10/h4,8-9H,1-3,5-7H2,(H,13,15). The molecular formula is C12H16N2OS. The zero-order valence-electron chi connectivity index (χ0n) is 9.24. The molecule has 86 valence electrons. The summed E-state index contributed by atoms with van der Waals surface area (Å²) in [5.74, 6) is -0.0496. The molecule has 0 unspecified atom stereocenters. The quantitative estimate of drug-likeness (QED) is 0.817. The van der Waals surface area contributed by atoms with Crippen molar-refractivity contribution in [3.8, 4) is 0 Å². The third kappa shape index (κ3) is 3.17. The predicted molar refractivity (Wildman–Crippen MR) is 65.6 cm³/mol. The van der Waals surface area contributed by atoms with Gasteiger partial charge in [0, 0.05) is 18.1 Å². The van der Waals surface area contributed by atoms with E-state index >= 15 is 0 Å². The Labute approximate surface area is 99.6 Å². The maximum absolute atomic E-state index is 11.6. The molecule has 0 saturated heterocycles. The molecule has 1 aromatic heterocycles. The van der Waals surface area contributed by atoms with Crippen LogP contribution < -0.4 is 5.32 Å². The van der Waals surface area contributed by atoms with Crippen molar-refractivity contribution in [2.75, 3.05) is 6.54 Å². The Bertz CT molecular complexity index is 370. The predicted octanol–water partition coefficient (Wildman–Crippen LogP) is 2.76. The molecule has 1 N–H and O–H groups in total. The molecule has 0 fully saturated rings. The fourth-order valence-corrected chi connectivity index (χ4v) is 2.43. The van der Waals surface area contributed by atoms with Gasteiger partial charge >= 0.3 is 0 Å². The molecular weight excluding hydrogens is 220 g/mol. The number of hydrogen-bond donors (Lipinski definition) is 1. The van der Waals surface area contributed by atoms with Crippen molar-refractivity contribution in [2.24, 2.45) is 0 Å². The van der Waals surface area contributed by atoms with Gasteiger partial charge in [-0.2, -0.15) is 0 Å². The van der Waals surface area contributed by atoms with Crippen LogP contribution in [0.3, 0.4) is 0 Å². The lowest BCUT2D eigenvalue weighted by Gasteiger charge is -2.12. The minimum Gasteiger partial charge on any atom is -0.350 e. The average molecular weight is 236 g/mol. The van der Waals surface area contributed by atoms with E-state index in [0.717, 1.165) is 13.0 Å². The average Bonchev–Trinajstić information content (AvgIpc) is 2.84. The zero-order chi connectivity index (χ0) is 11.2. The van der Waals surface area contributed by atoms with Gasteiger partial charge in [-0.1, -0.05) is 11.6 Å². The second-order valence-corrected chi connectivity index (χ2v) is 4.85. The molecule has 1 aliphatic carbocycles. The Balaban J connectivity index is 1.72. The topological polar surface area (TPSA) is 42.0 Å². The Hall–Kier alpha value is -1.16. The largest absolute Gasteiger partial charge is 0.350 e.